The number of nitrogens with zero attached hydrogens (tertiary/aromatic N) is 1. The summed E-state index contributed by atoms with van der Waals surface area (Å²) in [6.07, 6.45) is 2.59. The van der Waals surface area contributed by atoms with Crippen LogP contribution in [0.1, 0.15) is 40.0 Å². The lowest BCUT2D eigenvalue weighted by Gasteiger charge is -2.26. The lowest BCUT2D eigenvalue weighted by molar-refractivity contribution is 0.0256. The molecule has 25 heavy (non-hydrogen) atoms. The molecule has 0 aromatic heterocycles. The number of benzene rings is 1. The number of rotatable bonds is 4. The van der Waals surface area contributed by atoms with E-state index in [1.165, 1.54) is 0 Å². The Morgan fingerprint density at radius 1 is 1.08 bits per heavy atom. The molecule has 0 spiro atoms. The molecule has 1 aromatic carbocycles. The molecule has 1 unspecified atom stereocenters. The van der Waals surface area contributed by atoms with Crippen LogP contribution in [0.5, 0.6) is 11.5 Å². The van der Waals surface area contributed by atoms with Crippen LogP contribution >= 0.6 is 0 Å². The van der Waals surface area contributed by atoms with Crippen LogP contribution in [-0.2, 0) is 4.74 Å². The molecule has 1 N–H and O–H groups in total. The number of ether oxygens (including phenoxy) is 3. The second-order valence-corrected chi connectivity index (χ2v) is 7.34. The first-order valence-corrected chi connectivity index (χ1v) is 8.78. The van der Waals surface area contributed by atoms with Gasteiger partial charge in [0.2, 0.25) is 0 Å². The van der Waals surface area contributed by atoms with Crippen LogP contribution < -0.4 is 14.8 Å². The standard InChI is InChI=1S/C19H30N2O4/c1-19(2,3)25-18(22)21-9-6-7-14(8-10-21)20-15-11-16(23-4)13-17(12-15)24-5/h11-14,20H,6-10H2,1-5H3. The van der Waals surface area contributed by atoms with Crippen molar-refractivity contribution in [2.45, 2.75) is 51.7 Å². The van der Waals surface area contributed by atoms with Gasteiger partial charge < -0.3 is 24.4 Å². The molecule has 2 rings (SSSR count). The molecule has 1 heterocycles. The Morgan fingerprint density at radius 3 is 2.28 bits per heavy atom. The molecule has 1 fully saturated rings. The summed E-state index contributed by atoms with van der Waals surface area (Å²) < 4.78 is 16.1. The molecule has 6 nitrogen and oxygen atoms in total. The fraction of sp³-hybridized carbons (Fsp3) is 0.632. The van der Waals surface area contributed by atoms with Gasteiger partial charge in [0.1, 0.15) is 17.1 Å². The number of hydrogen-bond acceptors (Lipinski definition) is 5. The highest BCUT2D eigenvalue weighted by atomic mass is 16.6. The zero-order valence-corrected chi connectivity index (χ0v) is 15.9. The van der Waals surface area contributed by atoms with Gasteiger partial charge in [0.15, 0.2) is 0 Å². The third kappa shape index (κ3) is 6.03. The maximum atomic E-state index is 12.2. The van der Waals surface area contributed by atoms with Gasteiger partial charge in [-0.2, -0.15) is 0 Å². The van der Waals surface area contributed by atoms with E-state index >= 15 is 0 Å². The summed E-state index contributed by atoms with van der Waals surface area (Å²) in [7, 11) is 3.28. The zero-order valence-electron chi connectivity index (χ0n) is 15.9. The number of nitrogens with one attached hydrogen (secondary N) is 1. The van der Waals surface area contributed by atoms with Crippen LogP contribution in [0.2, 0.25) is 0 Å². The molecule has 140 valence electrons. The summed E-state index contributed by atoms with van der Waals surface area (Å²) in [5, 5.41) is 3.54. The van der Waals surface area contributed by atoms with Gasteiger partial charge in [0.05, 0.1) is 14.2 Å². The van der Waals surface area contributed by atoms with Crippen LogP contribution in [0.15, 0.2) is 18.2 Å². The summed E-state index contributed by atoms with van der Waals surface area (Å²) in [5.41, 5.74) is 0.505. The van der Waals surface area contributed by atoms with Crippen molar-refractivity contribution in [2.75, 3.05) is 32.6 Å². The van der Waals surface area contributed by atoms with Crippen molar-refractivity contribution in [3.05, 3.63) is 18.2 Å². The Kier molecular flexibility index (Phi) is 6.39. The molecular formula is C19H30N2O4. The number of carbonyl (C=O) groups is 1. The zero-order chi connectivity index (χ0) is 18.4. The van der Waals surface area contributed by atoms with Crippen LogP contribution in [0.3, 0.4) is 0 Å². The molecule has 0 aliphatic carbocycles. The van der Waals surface area contributed by atoms with Crippen LogP contribution in [0, 0.1) is 0 Å². The van der Waals surface area contributed by atoms with E-state index in [1.54, 1.807) is 19.1 Å². The average Bonchev–Trinajstić information content (AvgIpc) is 2.78. The predicted molar refractivity (Wildman–Crippen MR) is 98.6 cm³/mol. The van der Waals surface area contributed by atoms with Crippen molar-refractivity contribution in [1.29, 1.82) is 0 Å². The fourth-order valence-electron chi connectivity index (χ4n) is 2.88. The smallest absolute Gasteiger partial charge is 0.410 e. The normalized spacial score (nSPS) is 18.3. The SMILES string of the molecule is COc1cc(NC2CCCN(C(=O)OC(C)(C)C)CC2)cc(OC)c1. The molecule has 1 saturated heterocycles. The largest absolute Gasteiger partial charge is 0.497 e. The van der Waals surface area contributed by atoms with E-state index in [4.69, 9.17) is 14.2 Å². The summed E-state index contributed by atoms with van der Waals surface area (Å²) in [6, 6.07) is 6.06. The molecule has 1 aliphatic rings. The molecular weight excluding hydrogens is 320 g/mol. The van der Waals surface area contributed by atoms with Gasteiger partial charge in [-0.15, -0.1) is 0 Å². The van der Waals surface area contributed by atoms with Gasteiger partial charge in [-0.05, 0) is 40.0 Å². The predicted octanol–water partition coefficient (Wildman–Crippen LogP) is 3.91. The lowest BCUT2D eigenvalue weighted by Crippen LogP contribution is -2.37. The third-order valence-electron chi connectivity index (χ3n) is 4.10. The quantitative estimate of drug-likeness (QED) is 0.892. The summed E-state index contributed by atoms with van der Waals surface area (Å²) in [5.74, 6) is 1.51. The lowest BCUT2D eigenvalue weighted by atomic mass is 10.1. The number of likely N-dealkylation sites (tertiary alicyclic amines) is 1. The third-order valence-corrected chi connectivity index (χ3v) is 4.10. The molecule has 1 aromatic rings. The van der Waals surface area contributed by atoms with Crippen molar-refractivity contribution in [3.63, 3.8) is 0 Å². The highest BCUT2D eigenvalue weighted by molar-refractivity contribution is 5.68. The first-order chi connectivity index (χ1) is 11.8. The van der Waals surface area contributed by atoms with Crippen molar-refractivity contribution in [1.82, 2.24) is 4.90 Å². The maximum absolute atomic E-state index is 12.2. The molecule has 1 aliphatic heterocycles. The van der Waals surface area contributed by atoms with E-state index in [-0.39, 0.29) is 6.09 Å². The minimum atomic E-state index is -0.460. The van der Waals surface area contributed by atoms with Gasteiger partial charge in [-0.25, -0.2) is 4.79 Å². The van der Waals surface area contributed by atoms with Gasteiger partial charge in [-0.3, -0.25) is 0 Å². The summed E-state index contributed by atoms with van der Waals surface area (Å²) in [4.78, 5) is 14.1. The highest BCUT2D eigenvalue weighted by Gasteiger charge is 2.25. The van der Waals surface area contributed by atoms with Gasteiger partial charge in [0.25, 0.3) is 0 Å². The van der Waals surface area contributed by atoms with Crippen molar-refractivity contribution in [2.24, 2.45) is 0 Å². The highest BCUT2D eigenvalue weighted by Crippen LogP contribution is 2.27. The Balaban J connectivity index is 1.96. The Morgan fingerprint density at radius 2 is 1.72 bits per heavy atom. The monoisotopic (exact) mass is 350 g/mol. The number of carbonyl (C=O) groups excluding carboxylic acids is 1. The molecule has 0 bridgehead atoms. The topological polar surface area (TPSA) is 60.0 Å². The first kappa shape index (κ1) is 19.2. The second kappa shape index (κ2) is 8.32. The van der Waals surface area contributed by atoms with Gasteiger partial charge in [-0.1, -0.05) is 0 Å². The van der Waals surface area contributed by atoms with Crippen molar-refractivity contribution in [3.8, 4) is 11.5 Å². The fourth-order valence-corrected chi connectivity index (χ4v) is 2.88. The van der Waals surface area contributed by atoms with E-state index in [2.05, 4.69) is 5.32 Å². The molecule has 0 saturated carbocycles. The second-order valence-electron chi connectivity index (χ2n) is 7.34. The molecule has 6 heteroatoms. The molecule has 1 atom stereocenters. The van der Waals surface area contributed by atoms with Crippen LogP contribution in [-0.4, -0.2) is 49.9 Å². The van der Waals surface area contributed by atoms with Crippen LogP contribution in [0.25, 0.3) is 0 Å². The van der Waals surface area contributed by atoms with Crippen LogP contribution in [0.4, 0.5) is 10.5 Å². The minimum absolute atomic E-state index is 0.226. The number of anilines is 1. The summed E-state index contributed by atoms with van der Waals surface area (Å²) >= 11 is 0. The molecule has 1 amide bonds. The number of methoxy groups -OCH3 is 2. The van der Waals surface area contributed by atoms with E-state index in [0.717, 1.165) is 43.0 Å². The van der Waals surface area contributed by atoms with Gasteiger partial charge in [0, 0.05) is 43.0 Å². The Bertz CT molecular complexity index is 561. The summed E-state index contributed by atoms with van der Waals surface area (Å²) in [6.45, 7) is 7.10. The van der Waals surface area contributed by atoms with E-state index < -0.39 is 5.60 Å². The van der Waals surface area contributed by atoms with Crippen molar-refractivity contribution >= 4 is 11.8 Å². The maximum Gasteiger partial charge on any atom is 0.410 e. The van der Waals surface area contributed by atoms with E-state index in [9.17, 15) is 4.79 Å². The van der Waals surface area contributed by atoms with Crippen molar-refractivity contribution < 1.29 is 19.0 Å². The van der Waals surface area contributed by atoms with Gasteiger partial charge >= 0.3 is 6.09 Å². The minimum Gasteiger partial charge on any atom is -0.497 e. The first-order valence-electron chi connectivity index (χ1n) is 8.78. The average molecular weight is 350 g/mol. The Hall–Kier alpha value is -2.11. The van der Waals surface area contributed by atoms with E-state index in [0.29, 0.717) is 12.6 Å². The molecule has 0 radical (unpaired) electrons. The number of hydrogen-bond donors (Lipinski definition) is 1. The van der Waals surface area contributed by atoms with E-state index in [1.807, 2.05) is 39.0 Å². The number of amides is 1. The Labute approximate surface area is 150 Å².